The largest absolute Gasteiger partial charge is 0.494 e. The SMILES string of the molecule is C=CC(=O)OCCCCCCOc1ccc(OC(=O)[C@H]2CC[C@H](C(=O)Oc3ccc(OC(=O)[C@H]4CC[C@H](C(=O)Oc5ccc(OCCCCCCOC(=O)C=C)cc5)CC4)c(/C=N/N(COCCOC)c4nc5ccccc5s4)c3)CC2)cc1. The topological polar surface area (TPSA) is 223 Å². The average molecular weight is 1170 g/mol. The molecule has 2 fully saturated rings. The minimum absolute atomic E-state index is 0.0236. The maximum Gasteiger partial charge on any atom is 0.330 e. The van der Waals surface area contributed by atoms with Gasteiger partial charge in [-0.1, -0.05) is 36.6 Å². The molecule has 7 rings (SSSR count). The van der Waals surface area contributed by atoms with Gasteiger partial charge in [0.1, 0.15) is 41.2 Å². The van der Waals surface area contributed by atoms with E-state index in [2.05, 4.69) is 13.2 Å². The third-order valence-corrected chi connectivity index (χ3v) is 15.3. The summed E-state index contributed by atoms with van der Waals surface area (Å²) in [4.78, 5) is 81.3. The third-order valence-electron chi connectivity index (χ3n) is 14.2. The molecule has 20 heteroatoms. The molecular formula is C64H75N3O16S. The summed E-state index contributed by atoms with van der Waals surface area (Å²) in [5, 5.41) is 6.90. The molecule has 84 heavy (non-hydrogen) atoms. The van der Waals surface area contributed by atoms with Gasteiger partial charge in [0.05, 0.1) is 79.7 Å². The predicted molar refractivity (Wildman–Crippen MR) is 315 cm³/mol. The number of carbonyl (C=O) groups is 6. The van der Waals surface area contributed by atoms with Gasteiger partial charge in [-0.15, -0.1) is 0 Å². The lowest BCUT2D eigenvalue weighted by atomic mass is 9.82. The molecule has 5 aromatic rings. The van der Waals surface area contributed by atoms with Gasteiger partial charge in [-0.05, 0) is 182 Å². The van der Waals surface area contributed by atoms with Crippen LogP contribution >= 0.6 is 11.3 Å². The van der Waals surface area contributed by atoms with E-state index >= 15 is 0 Å². The summed E-state index contributed by atoms with van der Waals surface area (Å²) in [5.74, 6) is -1.76. The van der Waals surface area contributed by atoms with Gasteiger partial charge in [-0.25, -0.2) is 19.6 Å². The Morgan fingerprint density at radius 1 is 0.536 bits per heavy atom. The Morgan fingerprint density at radius 2 is 0.976 bits per heavy atom. The van der Waals surface area contributed by atoms with Gasteiger partial charge in [0.15, 0.2) is 0 Å². The van der Waals surface area contributed by atoms with Crippen LogP contribution in [0.2, 0.25) is 0 Å². The molecule has 448 valence electrons. The van der Waals surface area contributed by atoms with Crippen molar-refractivity contribution in [3.8, 4) is 34.5 Å². The van der Waals surface area contributed by atoms with Gasteiger partial charge < -0.3 is 47.4 Å². The van der Waals surface area contributed by atoms with E-state index in [4.69, 9.17) is 57.5 Å². The molecule has 0 bridgehead atoms. The van der Waals surface area contributed by atoms with Crippen molar-refractivity contribution in [1.29, 1.82) is 0 Å². The molecule has 0 unspecified atom stereocenters. The van der Waals surface area contributed by atoms with Crippen LogP contribution in [0.3, 0.4) is 0 Å². The highest BCUT2D eigenvalue weighted by molar-refractivity contribution is 7.22. The number of fused-ring (bicyclic) bond motifs is 1. The zero-order chi connectivity index (χ0) is 59.3. The minimum atomic E-state index is -0.495. The summed E-state index contributed by atoms with van der Waals surface area (Å²) >= 11 is 1.43. The summed E-state index contributed by atoms with van der Waals surface area (Å²) in [6.07, 6.45) is 14.1. The summed E-state index contributed by atoms with van der Waals surface area (Å²) in [5.41, 5.74) is 1.13. The number of unbranched alkanes of at least 4 members (excludes halogenated alkanes) is 6. The minimum Gasteiger partial charge on any atom is -0.494 e. The molecule has 2 aliphatic carbocycles. The number of nitrogens with zero attached hydrogens (tertiary/aromatic N) is 3. The van der Waals surface area contributed by atoms with Crippen molar-refractivity contribution in [2.24, 2.45) is 28.8 Å². The van der Waals surface area contributed by atoms with E-state index in [1.165, 1.54) is 17.6 Å². The molecule has 0 atom stereocenters. The number of aromatic nitrogens is 1. The van der Waals surface area contributed by atoms with Crippen LogP contribution in [0.4, 0.5) is 5.13 Å². The van der Waals surface area contributed by atoms with Crippen LogP contribution < -0.4 is 33.4 Å². The molecule has 0 spiro atoms. The first-order valence-electron chi connectivity index (χ1n) is 28.8. The second kappa shape index (κ2) is 34.6. The van der Waals surface area contributed by atoms with Crippen molar-refractivity contribution >= 4 is 68.7 Å². The maximum atomic E-state index is 13.9. The van der Waals surface area contributed by atoms with Crippen molar-refractivity contribution < 1.29 is 76.1 Å². The van der Waals surface area contributed by atoms with Gasteiger partial charge in [0.2, 0.25) is 5.13 Å². The summed E-state index contributed by atoms with van der Waals surface area (Å²) in [6, 6.07) is 26.2. The van der Waals surface area contributed by atoms with Crippen LogP contribution in [0.5, 0.6) is 34.5 Å². The lowest BCUT2D eigenvalue weighted by Crippen LogP contribution is -2.30. The molecule has 4 aromatic carbocycles. The first-order chi connectivity index (χ1) is 41.0. The molecule has 0 saturated heterocycles. The van der Waals surface area contributed by atoms with Gasteiger partial charge in [-0.2, -0.15) is 5.10 Å². The van der Waals surface area contributed by atoms with Crippen molar-refractivity contribution in [1.82, 2.24) is 4.98 Å². The third kappa shape index (κ3) is 21.0. The van der Waals surface area contributed by atoms with E-state index in [1.54, 1.807) is 78.8 Å². The molecular weight excluding hydrogens is 1100 g/mol. The molecule has 0 N–H and O–H groups in total. The van der Waals surface area contributed by atoms with Gasteiger partial charge in [-0.3, -0.25) is 19.2 Å². The highest BCUT2D eigenvalue weighted by atomic mass is 32.1. The lowest BCUT2D eigenvalue weighted by Gasteiger charge is -2.26. The van der Waals surface area contributed by atoms with Gasteiger partial charge in [0.25, 0.3) is 0 Å². The number of anilines is 1. The number of carbonyl (C=O) groups excluding carboxylic acids is 6. The van der Waals surface area contributed by atoms with Crippen LogP contribution in [0, 0.1) is 23.7 Å². The summed E-state index contributed by atoms with van der Waals surface area (Å²) < 4.78 is 57.2. The fourth-order valence-electron chi connectivity index (χ4n) is 9.40. The first-order valence-corrected chi connectivity index (χ1v) is 29.6. The second-order valence-electron chi connectivity index (χ2n) is 20.3. The van der Waals surface area contributed by atoms with E-state index in [0.29, 0.717) is 125 Å². The molecule has 19 nitrogen and oxygen atoms in total. The Kier molecular flexibility index (Phi) is 26.2. The molecule has 2 saturated carbocycles. The normalized spacial score (nSPS) is 16.7. The van der Waals surface area contributed by atoms with Crippen LogP contribution in [0.1, 0.15) is 108 Å². The van der Waals surface area contributed by atoms with E-state index in [-0.39, 0.29) is 30.2 Å². The number of para-hydroxylation sites is 1. The zero-order valence-electron chi connectivity index (χ0n) is 47.7. The smallest absolute Gasteiger partial charge is 0.330 e. The van der Waals surface area contributed by atoms with Gasteiger partial charge in [0, 0.05) is 24.8 Å². The monoisotopic (exact) mass is 1170 g/mol. The number of thiazole rings is 1. The van der Waals surface area contributed by atoms with Crippen LogP contribution in [-0.4, -0.2) is 100 Å². The van der Waals surface area contributed by atoms with Crippen molar-refractivity contribution in [2.75, 3.05) is 58.5 Å². The van der Waals surface area contributed by atoms with Crippen molar-refractivity contribution in [3.05, 3.63) is 122 Å². The van der Waals surface area contributed by atoms with E-state index in [0.717, 1.165) is 73.7 Å². The Morgan fingerprint density at radius 3 is 1.45 bits per heavy atom. The fraction of sp³-hybridized carbons (Fsp3) is 0.438. The van der Waals surface area contributed by atoms with Crippen molar-refractivity contribution in [2.45, 2.75) is 103 Å². The fourth-order valence-corrected chi connectivity index (χ4v) is 10.3. The Labute approximate surface area is 494 Å². The number of hydrogen-bond donors (Lipinski definition) is 0. The molecule has 1 aromatic heterocycles. The highest BCUT2D eigenvalue weighted by Crippen LogP contribution is 2.36. The predicted octanol–water partition coefficient (Wildman–Crippen LogP) is 11.7. The quantitative estimate of drug-likeness (QED) is 0.00710. The molecule has 0 aliphatic heterocycles. The molecule has 0 radical (unpaired) electrons. The van der Waals surface area contributed by atoms with E-state index < -0.39 is 47.5 Å². The second-order valence-corrected chi connectivity index (χ2v) is 21.3. The van der Waals surface area contributed by atoms with Gasteiger partial charge >= 0.3 is 35.8 Å². The van der Waals surface area contributed by atoms with Crippen molar-refractivity contribution in [3.63, 3.8) is 0 Å². The summed E-state index contributed by atoms with van der Waals surface area (Å²) in [7, 11) is 1.58. The van der Waals surface area contributed by atoms with E-state index in [1.807, 2.05) is 24.3 Å². The summed E-state index contributed by atoms with van der Waals surface area (Å²) in [6.45, 7) is 9.24. The number of benzene rings is 4. The standard InChI is InChI=1S/C64H75N3O16S/c1-4-58(68)78-38-14-8-6-12-36-76-50-26-30-52(31-27-50)80-60(70)45-18-20-47(21-19-45)62(72)82-54-34-35-56(49(42-54)43-65-67(44-75-41-40-74-3)64-66-55-16-10-11-17-57(55)84-64)83-63(73)48-24-22-46(23-25-48)61(71)81-53-32-28-51(29-33-53)77-37-13-7-9-15-39-79-59(69)5-2/h4-5,10-11,16-17,26-35,42-43,45-48H,1-2,6-9,12-15,18-25,36-41,44H2,3H3/b65-43+/t45-,46-,47-,48-. The number of esters is 6. The molecule has 1 heterocycles. The number of hydrogen-bond acceptors (Lipinski definition) is 20. The Bertz CT molecular complexity index is 2930. The van der Waals surface area contributed by atoms with Crippen LogP contribution in [0.25, 0.3) is 10.2 Å². The number of methoxy groups -OCH3 is 1. The number of ether oxygens (including phenoxy) is 10. The average Bonchev–Trinajstić information content (AvgIpc) is 4.13. The van der Waals surface area contributed by atoms with Crippen LogP contribution in [0.15, 0.2) is 121 Å². The highest BCUT2D eigenvalue weighted by Gasteiger charge is 2.34. The zero-order valence-corrected chi connectivity index (χ0v) is 48.5. The molecule has 0 amide bonds. The molecule has 2 aliphatic rings. The lowest BCUT2D eigenvalue weighted by molar-refractivity contribution is -0.145. The Hall–Kier alpha value is -7.94. The number of rotatable bonds is 34. The van der Waals surface area contributed by atoms with E-state index in [9.17, 15) is 28.8 Å². The maximum absolute atomic E-state index is 13.9. The van der Waals surface area contributed by atoms with Crippen LogP contribution in [-0.2, 0) is 47.7 Å². The first kappa shape index (κ1) is 63.6. The Balaban J connectivity index is 0.911. The number of hydrazone groups is 1.